The number of ketones is 3. The second-order valence-corrected chi connectivity index (χ2v) is 25.6. The first-order chi connectivity index (χ1) is 49.1. The number of fused-ring (bicyclic) bond motifs is 7. The van der Waals surface area contributed by atoms with Crippen LogP contribution in [0.25, 0.3) is 80.8 Å². The van der Waals surface area contributed by atoms with Crippen molar-refractivity contribution in [1.29, 1.82) is 0 Å². The molecule has 0 spiro atoms. The van der Waals surface area contributed by atoms with Crippen LogP contribution in [-0.2, 0) is 59.9 Å². The van der Waals surface area contributed by atoms with Gasteiger partial charge in [-0.25, -0.2) is 15.0 Å². The van der Waals surface area contributed by atoms with E-state index in [4.69, 9.17) is 19.7 Å². The lowest BCUT2D eigenvalue weighted by Crippen LogP contribution is -2.30. The molecule has 105 heavy (non-hydrogen) atoms. The first-order valence-corrected chi connectivity index (χ1v) is 35.0. The largest absolute Gasteiger partial charge is 0.618 e. The van der Waals surface area contributed by atoms with Crippen LogP contribution in [0, 0.1) is 87.2 Å². The van der Waals surface area contributed by atoms with E-state index in [1.807, 2.05) is 95.8 Å². The lowest BCUT2D eigenvalue weighted by atomic mass is 10.1. The third-order valence-electron chi connectivity index (χ3n) is 17.3. The van der Waals surface area contributed by atoms with Gasteiger partial charge in [-0.3, -0.25) is 9.59 Å². The van der Waals surface area contributed by atoms with E-state index < -0.39 is 0 Å². The molecule has 0 atom stereocenters. The first kappa shape index (κ1) is 85.9. The van der Waals surface area contributed by atoms with Crippen molar-refractivity contribution in [3.8, 4) is 0 Å². The van der Waals surface area contributed by atoms with Gasteiger partial charge >= 0.3 is 0 Å². The SMILES string of the molecule is C.C.CC(=O)Cn1cc(C)c2ccc(C)nc21.CC1=CCc2c1ccc[n+]2[O-].CCC.CCC(C)=O.CCn1c(C)c(C)c2ccc(C)nc21.CCn1cc(C)c2ccc(C)nc21.[C-]#[N+]c1ccc2c(C)cn(CC(C)=O)c2n1.[C-]#[N+]c1ccc2c(C)cn(CC)c2n1.[C-]#[N+]c1ccc2c(n1)CC=C2C. The average Bonchev–Trinajstić information content (AvgIpc) is 1.66. The third-order valence-corrected chi connectivity index (χ3v) is 17.3. The normalized spacial score (nSPS) is 10.9. The zero-order valence-electron chi connectivity index (χ0n) is 63.8. The lowest BCUT2D eigenvalue weighted by molar-refractivity contribution is -0.613. The fraction of sp³-hybridized carbons (Fsp3) is 0.360. The molecule has 0 N–H and O–H groups in total. The molecular formula is C86H107N15O4. The molecule has 2 aliphatic rings. The fourth-order valence-electron chi connectivity index (χ4n) is 11.7. The van der Waals surface area contributed by atoms with Crippen molar-refractivity contribution in [1.82, 2.24) is 52.7 Å². The minimum Gasteiger partial charge on any atom is -0.618 e. The number of nitrogens with zero attached hydrogens (tertiary/aromatic N) is 15. The van der Waals surface area contributed by atoms with Gasteiger partial charge in [0.2, 0.25) is 17.0 Å². The number of carbonyl (C=O) groups is 3. The van der Waals surface area contributed by atoms with Crippen molar-refractivity contribution in [3.63, 3.8) is 0 Å². The van der Waals surface area contributed by atoms with Crippen LogP contribution in [0.15, 0.2) is 128 Å². The zero-order chi connectivity index (χ0) is 75.9. The van der Waals surface area contributed by atoms with Gasteiger partial charge < -0.3 is 47.4 Å². The predicted molar refractivity (Wildman–Crippen MR) is 433 cm³/mol. The summed E-state index contributed by atoms with van der Waals surface area (Å²) in [5.41, 5.74) is 22.1. The summed E-state index contributed by atoms with van der Waals surface area (Å²) in [6.07, 6.45) is 17.5. The Hall–Kier alpha value is -11.5. The molecule has 12 aromatic heterocycles. The second kappa shape index (κ2) is 40.4. The van der Waals surface area contributed by atoms with Crippen LogP contribution in [-0.4, -0.2) is 70.1 Å². The smallest absolute Gasteiger partial charge is 0.271 e. The maximum Gasteiger partial charge on any atom is 0.271 e. The number of hydrogen-bond donors (Lipinski definition) is 0. The van der Waals surface area contributed by atoms with Gasteiger partial charge in [0.15, 0.2) is 6.20 Å². The minimum absolute atomic E-state index is 0. The number of aromatic nitrogens is 12. The van der Waals surface area contributed by atoms with Crippen molar-refractivity contribution >= 4 is 101 Å². The molecule has 0 radical (unpaired) electrons. The fourth-order valence-corrected chi connectivity index (χ4v) is 11.7. The van der Waals surface area contributed by atoms with E-state index in [2.05, 4.69) is 182 Å². The highest BCUT2D eigenvalue weighted by molar-refractivity contribution is 5.87. The number of aryl methyl sites for hydroxylation is 11. The van der Waals surface area contributed by atoms with E-state index in [0.717, 1.165) is 116 Å². The van der Waals surface area contributed by atoms with E-state index in [0.29, 0.717) is 42.6 Å². The molecular weight excluding hydrogens is 1310 g/mol. The highest BCUT2D eigenvalue weighted by Gasteiger charge is 2.19. The van der Waals surface area contributed by atoms with Gasteiger partial charge in [0.05, 0.1) is 19.5 Å². The van der Waals surface area contributed by atoms with E-state index >= 15 is 0 Å². The highest BCUT2D eigenvalue weighted by atomic mass is 16.5. The zero-order valence-corrected chi connectivity index (χ0v) is 63.8. The number of rotatable bonds is 8. The topological polar surface area (TPSA) is 193 Å². The van der Waals surface area contributed by atoms with Crippen LogP contribution >= 0.6 is 0 Å². The van der Waals surface area contributed by atoms with Gasteiger partial charge in [-0.15, -0.1) is 15.0 Å². The standard InChI is InChI=1S/C12H11N3O.C12H14N2O.C12H16N2.C11H11N3.C11H14N2.C10H8N2.C9H9NO.C4H8O.C3H8.2CH4/c1-8-6-15(7-9(2)16)12-10(8)4-5-11(13-3)14-12;1-8-6-14(7-10(3)15)12-11(8)5-4-9(2)13-12;1-5-14-10(4)9(3)11-7-6-8(2)13-12(11)14;1-4-14-7-8(2)9-5-6-10(12-3)13-11(9)14;1-4-13-7-8(2)10-6-5-9(3)12-11(10)13;1-7-3-5-9-8(7)4-6-10(11-2)12-9;1-7-4-5-9-8(7)3-2-6-10(9)11;1-3-4(2)5;1-3-2;;/h4-6H,7H2,1-2H3;4-6H,7H2,1-3H3;6-7H,5H2,1-4H3;5-7H,4H2,1-2H3;5-7H,4H2,1-3H3;3-4,6H,5H2,1H3;2-4,6H,5H2,1H3;3H2,1-2H3;3H2,1-2H3;2*1H4. The summed E-state index contributed by atoms with van der Waals surface area (Å²) in [6, 6.07) is 27.4. The molecule has 0 saturated heterocycles. The molecule has 12 heterocycles. The maximum atomic E-state index is 11.1. The minimum atomic E-state index is 0. The van der Waals surface area contributed by atoms with Crippen molar-refractivity contribution in [2.75, 3.05) is 0 Å². The van der Waals surface area contributed by atoms with Crippen LogP contribution in [0.1, 0.15) is 177 Å². The number of carbonyl (C=O) groups excluding carboxylic acids is 3. The van der Waals surface area contributed by atoms with Gasteiger partial charge in [0.25, 0.3) is 17.5 Å². The monoisotopic (exact) mass is 1410 g/mol. The van der Waals surface area contributed by atoms with Crippen molar-refractivity contribution in [2.45, 2.75) is 212 Å². The van der Waals surface area contributed by atoms with E-state index in [1.54, 1.807) is 55.8 Å². The number of allylic oxidation sites excluding steroid dienone is 4. The summed E-state index contributed by atoms with van der Waals surface area (Å²) < 4.78 is 11.2. The summed E-state index contributed by atoms with van der Waals surface area (Å²) in [4.78, 5) is 68.3. The summed E-state index contributed by atoms with van der Waals surface area (Å²) in [6.45, 7) is 64.1. The molecule has 0 unspecified atom stereocenters. The molecule has 0 aromatic carbocycles. The van der Waals surface area contributed by atoms with Gasteiger partial charge in [0.1, 0.15) is 40.0 Å². The molecule has 14 rings (SSSR count). The van der Waals surface area contributed by atoms with Crippen LogP contribution in [0.5, 0.6) is 0 Å². The van der Waals surface area contributed by atoms with Crippen LogP contribution in [0.3, 0.4) is 0 Å². The number of pyridine rings is 7. The Labute approximate surface area is 622 Å². The van der Waals surface area contributed by atoms with Gasteiger partial charge in [0, 0.05) is 124 Å². The molecule has 19 heteroatoms. The van der Waals surface area contributed by atoms with Gasteiger partial charge in [-0.05, 0) is 217 Å². The molecule has 0 bridgehead atoms. The van der Waals surface area contributed by atoms with Crippen LogP contribution in [0.4, 0.5) is 17.5 Å². The highest BCUT2D eigenvalue weighted by Crippen LogP contribution is 2.29. The van der Waals surface area contributed by atoms with Crippen LogP contribution in [0.2, 0.25) is 0 Å². The molecule has 550 valence electrons. The molecule has 0 aliphatic heterocycles. The lowest BCUT2D eigenvalue weighted by Gasteiger charge is -2.02. The molecule has 0 fully saturated rings. The Morgan fingerprint density at radius 3 is 1.22 bits per heavy atom. The van der Waals surface area contributed by atoms with Crippen molar-refractivity contribution < 1.29 is 19.1 Å². The molecule has 0 saturated carbocycles. The predicted octanol–water partition coefficient (Wildman–Crippen LogP) is 20.8. The van der Waals surface area contributed by atoms with E-state index in [9.17, 15) is 19.6 Å². The van der Waals surface area contributed by atoms with Gasteiger partial charge in [-0.1, -0.05) is 92.1 Å². The average molecular weight is 1410 g/mol. The quantitative estimate of drug-likeness (QED) is 0.0803. The molecule has 0 amide bonds. The Balaban J connectivity index is 0.000000254. The maximum absolute atomic E-state index is 11.1. The van der Waals surface area contributed by atoms with Crippen molar-refractivity contribution in [3.05, 3.63) is 241 Å². The third kappa shape index (κ3) is 22.3. The van der Waals surface area contributed by atoms with Crippen molar-refractivity contribution in [2.24, 2.45) is 0 Å². The summed E-state index contributed by atoms with van der Waals surface area (Å²) >= 11 is 0. The van der Waals surface area contributed by atoms with Gasteiger partial charge in [-0.2, -0.15) is 4.73 Å². The summed E-state index contributed by atoms with van der Waals surface area (Å²) in [5.74, 6) is 1.80. The number of Topliss-reactive ketones (excluding diaryl/α,β-unsaturated/α-hetero) is 3. The summed E-state index contributed by atoms with van der Waals surface area (Å²) in [5, 5.41) is 17.0. The first-order valence-electron chi connectivity index (χ1n) is 35.0. The summed E-state index contributed by atoms with van der Waals surface area (Å²) in [7, 11) is 0. The number of hydrogen-bond acceptors (Lipinski definition) is 10. The second-order valence-electron chi connectivity index (χ2n) is 25.6. The molecule has 19 nitrogen and oxygen atoms in total. The van der Waals surface area contributed by atoms with Crippen LogP contribution < -0.4 is 4.73 Å². The molecule has 2 aliphatic carbocycles. The Morgan fingerprint density at radius 1 is 0.448 bits per heavy atom. The molecule has 12 aromatic rings. The Kier molecular flexibility index (Phi) is 33.0. The Bertz CT molecular complexity index is 5220. The van der Waals surface area contributed by atoms with E-state index in [-0.39, 0.29) is 32.2 Å². The Morgan fingerprint density at radius 2 is 0.810 bits per heavy atom. The van der Waals surface area contributed by atoms with E-state index in [1.165, 1.54) is 61.9 Å².